The number of nitrogens with one attached hydrogen (secondary N) is 2. The maximum atomic E-state index is 12.2. The molecule has 6 nitrogen and oxygen atoms in total. The van der Waals surface area contributed by atoms with Gasteiger partial charge in [0.2, 0.25) is 5.84 Å². The molecule has 2 aromatic carbocycles. The van der Waals surface area contributed by atoms with Gasteiger partial charge in [0.1, 0.15) is 6.54 Å². The van der Waals surface area contributed by atoms with Crippen LogP contribution >= 0.6 is 0 Å². The molecule has 2 aromatic rings. The van der Waals surface area contributed by atoms with Crippen molar-refractivity contribution < 1.29 is 9.59 Å². The first-order valence-corrected chi connectivity index (χ1v) is 7.75. The summed E-state index contributed by atoms with van der Waals surface area (Å²) in [4.78, 5) is 28.2. The monoisotopic (exact) mass is 322 g/mol. The number of nitrogens with zero attached hydrogens (tertiary/aromatic N) is 2. The van der Waals surface area contributed by atoms with Gasteiger partial charge in [0.05, 0.1) is 5.69 Å². The van der Waals surface area contributed by atoms with E-state index in [2.05, 4.69) is 15.7 Å². The standard InChI is InChI=1S/C18H18N4O2/c23-16-13-20-17(21-22(16)15-9-5-2-6-10-15)18(24)19-12-11-14-7-3-1-4-8-14/h1-10H,11-13H2,(H,19,24)(H,20,21). The zero-order valence-corrected chi connectivity index (χ0v) is 13.1. The SMILES string of the molecule is O=C(NCCc1ccccc1)C1=NCC(=O)N(c2ccccc2)N1. The van der Waals surface area contributed by atoms with Crippen LogP contribution in [0, 0.1) is 0 Å². The molecule has 0 bridgehead atoms. The first-order valence-electron chi connectivity index (χ1n) is 7.75. The smallest absolute Gasteiger partial charge is 0.288 e. The highest BCUT2D eigenvalue weighted by molar-refractivity contribution is 6.39. The zero-order valence-electron chi connectivity index (χ0n) is 13.1. The largest absolute Gasteiger partial charge is 0.349 e. The lowest BCUT2D eigenvalue weighted by Crippen LogP contribution is -2.55. The molecule has 0 aromatic heterocycles. The molecule has 0 radical (unpaired) electrons. The number of amides is 2. The highest BCUT2D eigenvalue weighted by atomic mass is 16.2. The third-order valence-electron chi connectivity index (χ3n) is 3.61. The van der Waals surface area contributed by atoms with Gasteiger partial charge in [-0.25, -0.2) is 5.01 Å². The van der Waals surface area contributed by atoms with E-state index in [0.29, 0.717) is 12.2 Å². The van der Waals surface area contributed by atoms with Crippen molar-refractivity contribution in [2.45, 2.75) is 6.42 Å². The predicted octanol–water partition coefficient (Wildman–Crippen LogP) is 1.30. The van der Waals surface area contributed by atoms with E-state index in [-0.39, 0.29) is 24.2 Å². The molecule has 6 heteroatoms. The van der Waals surface area contributed by atoms with Crippen molar-refractivity contribution in [3.63, 3.8) is 0 Å². The molecule has 1 aliphatic rings. The van der Waals surface area contributed by atoms with Crippen molar-refractivity contribution in [1.82, 2.24) is 10.7 Å². The van der Waals surface area contributed by atoms with Crippen molar-refractivity contribution in [3.8, 4) is 0 Å². The lowest BCUT2D eigenvalue weighted by atomic mass is 10.1. The molecule has 3 rings (SSSR count). The molecule has 0 aliphatic carbocycles. The Kier molecular flexibility index (Phi) is 4.86. The number of para-hydroxylation sites is 1. The number of carbonyl (C=O) groups is 2. The molecule has 0 saturated heterocycles. The Bertz CT molecular complexity index is 744. The van der Waals surface area contributed by atoms with Crippen LogP contribution in [0.25, 0.3) is 0 Å². The lowest BCUT2D eigenvalue weighted by Gasteiger charge is -2.27. The summed E-state index contributed by atoms with van der Waals surface area (Å²) in [5, 5.41) is 4.16. The van der Waals surface area contributed by atoms with E-state index < -0.39 is 0 Å². The average molecular weight is 322 g/mol. The van der Waals surface area contributed by atoms with Crippen LogP contribution in [0.3, 0.4) is 0 Å². The summed E-state index contributed by atoms with van der Waals surface area (Å²) in [5.41, 5.74) is 4.61. The van der Waals surface area contributed by atoms with E-state index in [1.807, 2.05) is 48.5 Å². The van der Waals surface area contributed by atoms with Gasteiger partial charge in [-0.05, 0) is 24.1 Å². The molecule has 122 valence electrons. The summed E-state index contributed by atoms with van der Waals surface area (Å²) < 4.78 is 0. The van der Waals surface area contributed by atoms with Crippen molar-refractivity contribution in [2.75, 3.05) is 18.1 Å². The number of amidine groups is 1. The fourth-order valence-corrected chi connectivity index (χ4v) is 2.38. The van der Waals surface area contributed by atoms with Gasteiger partial charge in [0.15, 0.2) is 0 Å². The van der Waals surface area contributed by atoms with Crippen LogP contribution < -0.4 is 15.8 Å². The topological polar surface area (TPSA) is 73.8 Å². The minimum atomic E-state index is -0.320. The van der Waals surface area contributed by atoms with Crippen molar-refractivity contribution in [3.05, 3.63) is 66.2 Å². The molecule has 1 aliphatic heterocycles. The van der Waals surface area contributed by atoms with E-state index in [1.54, 1.807) is 12.1 Å². The molecule has 2 amide bonds. The lowest BCUT2D eigenvalue weighted by molar-refractivity contribution is -0.118. The van der Waals surface area contributed by atoms with Crippen molar-refractivity contribution in [1.29, 1.82) is 0 Å². The van der Waals surface area contributed by atoms with Crippen LogP contribution in [0.2, 0.25) is 0 Å². The molecule has 0 saturated carbocycles. The Morgan fingerprint density at radius 3 is 2.46 bits per heavy atom. The molecular weight excluding hydrogens is 304 g/mol. The second-order valence-electron chi connectivity index (χ2n) is 5.33. The van der Waals surface area contributed by atoms with Gasteiger partial charge in [-0.2, -0.15) is 0 Å². The van der Waals surface area contributed by atoms with Crippen LogP contribution in [-0.2, 0) is 16.0 Å². The van der Waals surface area contributed by atoms with Crippen LogP contribution in [0.15, 0.2) is 65.7 Å². The van der Waals surface area contributed by atoms with Crippen LogP contribution in [0.1, 0.15) is 5.56 Å². The minimum Gasteiger partial charge on any atom is -0.349 e. The van der Waals surface area contributed by atoms with E-state index in [0.717, 1.165) is 12.0 Å². The third kappa shape index (κ3) is 3.78. The maximum Gasteiger partial charge on any atom is 0.288 e. The Labute approximate surface area is 140 Å². The van der Waals surface area contributed by atoms with E-state index >= 15 is 0 Å². The number of carbonyl (C=O) groups excluding carboxylic acids is 2. The second kappa shape index (κ2) is 7.41. The zero-order chi connectivity index (χ0) is 16.8. The molecule has 1 heterocycles. The number of hydrogen-bond donors (Lipinski definition) is 2. The quantitative estimate of drug-likeness (QED) is 0.871. The van der Waals surface area contributed by atoms with E-state index in [1.165, 1.54) is 5.01 Å². The normalized spacial score (nSPS) is 13.9. The van der Waals surface area contributed by atoms with Crippen LogP contribution in [-0.4, -0.2) is 30.7 Å². The Hall–Kier alpha value is -3.15. The van der Waals surface area contributed by atoms with Crippen LogP contribution in [0.5, 0.6) is 0 Å². The van der Waals surface area contributed by atoms with Crippen molar-refractivity contribution >= 4 is 23.3 Å². The van der Waals surface area contributed by atoms with Gasteiger partial charge < -0.3 is 5.32 Å². The Balaban J connectivity index is 1.58. The minimum absolute atomic E-state index is 0.0522. The molecular formula is C18H18N4O2. The number of anilines is 1. The van der Waals surface area contributed by atoms with Gasteiger partial charge in [-0.15, -0.1) is 0 Å². The summed E-state index contributed by atoms with van der Waals surface area (Å²) in [6.45, 7) is 0.451. The van der Waals surface area contributed by atoms with Gasteiger partial charge in [-0.3, -0.25) is 20.0 Å². The predicted molar refractivity (Wildman–Crippen MR) is 92.5 cm³/mol. The summed E-state index contributed by atoms with van der Waals surface area (Å²) in [6, 6.07) is 19.0. The molecule has 2 N–H and O–H groups in total. The van der Waals surface area contributed by atoms with E-state index in [9.17, 15) is 9.59 Å². The third-order valence-corrected chi connectivity index (χ3v) is 3.61. The number of rotatable bonds is 5. The second-order valence-corrected chi connectivity index (χ2v) is 5.33. The summed E-state index contributed by atoms with van der Waals surface area (Å²) >= 11 is 0. The summed E-state index contributed by atoms with van der Waals surface area (Å²) in [5.74, 6) is -0.382. The fourth-order valence-electron chi connectivity index (χ4n) is 2.38. The number of hydrogen-bond acceptors (Lipinski definition) is 4. The highest BCUT2D eigenvalue weighted by Gasteiger charge is 2.25. The fraction of sp³-hybridized carbons (Fsp3) is 0.167. The number of aliphatic imine (C=N–C) groups is 1. The number of hydrazine groups is 1. The first-order chi connectivity index (χ1) is 11.7. The Morgan fingerprint density at radius 1 is 1.08 bits per heavy atom. The molecule has 24 heavy (non-hydrogen) atoms. The van der Waals surface area contributed by atoms with Gasteiger partial charge in [0, 0.05) is 6.54 Å². The van der Waals surface area contributed by atoms with Gasteiger partial charge >= 0.3 is 0 Å². The van der Waals surface area contributed by atoms with E-state index in [4.69, 9.17) is 0 Å². The molecule has 0 fully saturated rings. The maximum absolute atomic E-state index is 12.2. The molecule has 0 spiro atoms. The number of benzene rings is 2. The molecule has 0 unspecified atom stereocenters. The summed E-state index contributed by atoms with van der Waals surface area (Å²) in [6.07, 6.45) is 0.737. The van der Waals surface area contributed by atoms with Gasteiger partial charge in [0.25, 0.3) is 11.8 Å². The molecule has 0 atom stereocenters. The first kappa shape index (κ1) is 15.7. The highest BCUT2D eigenvalue weighted by Crippen LogP contribution is 2.13. The van der Waals surface area contributed by atoms with Gasteiger partial charge in [-0.1, -0.05) is 48.5 Å². The summed E-state index contributed by atoms with van der Waals surface area (Å²) in [7, 11) is 0. The van der Waals surface area contributed by atoms with Crippen molar-refractivity contribution in [2.24, 2.45) is 4.99 Å². The van der Waals surface area contributed by atoms with Crippen LogP contribution in [0.4, 0.5) is 5.69 Å². The average Bonchev–Trinajstić information content (AvgIpc) is 2.63. The Morgan fingerprint density at radius 2 is 1.75 bits per heavy atom.